The van der Waals surface area contributed by atoms with Crippen molar-refractivity contribution in [3.63, 3.8) is 0 Å². The van der Waals surface area contributed by atoms with Gasteiger partial charge in [0, 0.05) is 22.2 Å². The molecule has 1 N–H and O–H groups in total. The topological polar surface area (TPSA) is 49.4 Å². The van der Waals surface area contributed by atoms with Crippen molar-refractivity contribution in [1.29, 1.82) is 0 Å². The Balaban J connectivity index is 1.53. The van der Waals surface area contributed by atoms with E-state index in [0.717, 1.165) is 22.6 Å². The van der Waals surface area contributed by atoms with Gasteiger partial charge in [-0.05, 0) is 61.2 Å². The highest BCUT2D eigenvalue weighted by Crippen LogP contribution is 2.37. The van der Waals surface area contributed by atoms with Gasteiger partial charge in [0.1, 0.15) is 11.9 Å². The van der Waals surface area contributed by atoms with Crippen LogP contribution >= 0.6 is 35.0 Å². The van der Waals surface area contributed by atoms with Crippen molar-refractivity contribution < 1.29 is 14.0 Å². The Hall–Kier alpha value is -1.76. The molecule has 2 amide bonds. The maximum Gasteiger partial charge on any atom is 0.256 e. The zero-order chi connectivity index (χ0) is 20.5. The molecule has 2 aromatic carbocycles. The molecule has 2 unspecified atom stereocenters. The van der Waals surface area contributed by atoms with Crippen LogP contribution in [0, 0.1) is 5.82 Å². The van der Waals surface area contributed by atoms with Gasteiger partial charge in [-0.15, -0.1) is 11.8 Å². The quantitative estimate of drug-likeness (QED) is 0.705. The summed E-state index contributed by atoms with van der Waals surface area (Å²) in [6.45, 7) is 0.478. The molecule has 0 aliphatic carbocycles. The molecule has 4 rings (SSSR count). The van der Waals surface area contributed by atoms with Crippen LogP contribution in [0.3, 0.4) is 0 Å². The minimum absolute atomic E-state index is 0.221. The Morgan fingerprint density at radius 2 is 1.97 bits per heavy atom. The van der Waals surface area contributed by atoms with E-state index in [1.165, 1.54) is 18.2 Å². The summed E-state index contributed by atoms with van der Waals surface area (Å²) in [6, 6.07) is 8.54. The second kappa shape index (κ2) is 8.54. The summed E-state index contributed by atoms with van der Waals surface area (Å²) in [7, 11) is 0. The maximum atomic E-state index is 13.7. The number of rotatable bonds is 3. The molecule has 152 valence electrons. The van der Waals surface area contributed by atoms with E-state index >= 15 is 0 Å². The van der Waals surface area contributed by atoms with Crippen molar-refractivity contribution >= 4 is 46.8 Å². The highest BCUT2D eigenvalue weighted by Gasteiger charge is 2.36. The molecule has 2 aliphatic rings. The zero-order valence-corrected chi connectivity index (χ0v) is 17.8. The molecule has 2 aliphatic heterocycles. The third-order valence-corrected chi connectivity index (χ3v) is 6.99. The number of benzene rings is 2. The number of amides is 2. The lowest BCUT2D eigenvalue weighted by Gasteiger charge is -2.30. The summed E-state index contributed by atoms with van der Waals surface area (Å²) in [5.74, 6) is -0.00432. The van der Waals surface area contributed by atoms with E-state index < -0.39 is 6.04 Å². The molecular formula is C21H19Cl2FN2O2S. The molecule has 0 saturated carbocycles. The fraction of sp³-hybridized carbons (Fsp3) is 0.333. The lowest BCUT2D eigenvalue weighted by atomic mass is 10.0. The molecule has 4 nitrogen and oxygen atoms in total. The van der Waals surface area contributed by atoms with E-state index in [1.54, 1.807) is 34.9 Å². The number of thioether (sulfide) groups is 1. The van der Waals surface area contributed by atoms with E-state index in [4.69, 9.17) is 23.2 Å². The minimum atomic E-state index is -0.580. The van der Waals surface area contributed by atoms with Gasteiger partial charge in [0.2, 0.25) is 5.91 Å². The van der Waals surface area contributed by atoms with Gasteiger partial charge in [-0.2, -0.15) is 0 Å². The highest BCUT2D eigenvalue weighted by molar-refractivity contribution is 7.99. The molecule has 1 fully saturated rings. The van der Waals surface area contributed by atoms with Gasteiger partial charge >= 0.3 is 0 Å². The summed E-state index contributed by atoms with van der Waals surface area (Å²) in [4.78, 5) is 28.6. The van der Waals surface area contributed by atoms with Gasteiger partial charge in [0.05, 0.1) is 16.6 Å². The molecule has 2 heterocycles. The Morgan fingerprint density at radius 1 is 1.14 bits per heavy atom. The van der Waals surface area contributed by atoms with Crippen molar-refractivity contribution in [2.45, 2.75) is 36.2 Å². The van der Waals surface area contributed by atoms with Gasteiger partial charge in [-0.25, -0.2) is 4.39 Å². The smallest absolute Gasteiger partial charge is 0.256 e. The van der Waals surface area contributed by atoms with Gasteiger partial charge in [-0.3, -0.25) is 9.59 Å². The number of halogens is 3. The zero-order valence-electron chi connectivity index (χ0n) is 15.5. The molecule has 29 heavy (non-hydrogen) atoms. The van der Waals surface area contributed by atoms with Crippen molar-refractivity contribution in [2.75, 3.05) is 12.3 Å². The number of hydrogen-bond donors (Lipinski definition) is 1. The monoisotopic (exact) mass is 452 g/mol. The van der Waals surface area contributed by atoms with Crippen molar-refractivity contribution in [2.24, 2.45) is 0 Å². The normalized spacial score (nSPS) is 21.0. The average molecular weight is 453 g/mol. The van der Waals surface area contributed by atoms with Crippen molar-refractivity contribution in [3.8, 4) is 0 Å². The number of carbonyl (C=O) groups excluding carboxylic acids is 2. The summed E-state index contributed by atoms with van der Waals surface area (Å²) in [6.07, 6.45) is 2.02. The van der Waals surface area contributed by atoms with Crippen LogP contribution in [-0.2, 0) is 4.79 Å². The van der Waals surface area contributed by atoms with Crippen LogP contribution < -0.4 is 5.32 Å². The van der Waals surface area contributed by atoms with Gasteiger partial charge < -0.3 is 10.2 Å². The van der Waals surface area contributed by atoms with Crippen LogP contribution in [0.2, 0.25) is 10.0 Å². The molecule has 0 radical (unpaired) electrons. The summed E-state index contributed by atoms with van der Waals surface area (Å²) < 4.78 is 13.7. The first-order valence-electron chi connectivity index (χ1n) is 9.42. The first kappa shape index (κ1) is 20.5. The van der Waals surface area contributed by atoms with E-state index in [1.807, 2.05) is 0 Å². The molecular weight excluding hydrogens is 434 g/mol. The lowest BCUT2D eigenvalue weighted by Crippen LogP contribution is -2.47. The van der Waals surface area contributed by atoms with E-state index in [9.17, 15) is 14.0 Å². The number of nitrogens with zero attached hydrogens (tertiary/aromatic N) is 1. The highest BCUT2D eigenvalue weighted by atomic mass is 35.5. The van der Waals surface area contributed by atoms with Crippen LogP contribution in [0.5, 0.6) is 0 Å². The first-order valence-corrected chi connectivity index (χ1v) is 11.2. The van der Waals surface area contributed by atoms with Gasteiger partial charge in [0.25, 0.3) is 5.91 Å². The Bertz CT molecular complexity index is 972. The lowest BCUT2D eigenvalue weighted by molar-refractivity contribution is -0.125. The molecule has 0 bridgehead atoms. The Kier molecular flexibility index (Phi) is 6.04. The van der Waals surface area contributed by atoms with Crippen LogP contribution in [-0.4, -0.2) is 35.1 Å². The first-order chi connectivity index (χ1) is 13.9. The number of likely N-dealkylation sites (tertiary alicyclic amines) is 1. The van der Waals surface area contributed by atoms with Crippen molar-refractivity contribution in [3.05, 3.63) is 63.4 Å². The van der Waals surface area contributed by atoms with E-state index in [0.29, 0.717) is 35.0 Å². The number of fused-ring (bicyclic) bond motifs is 1. The summed E-state index contributed by atoms with van der Waals surface area (Å²) in [5.41, 5.74) is 1.09. The minimum Gasteiger partial charge on any atom is -0.347 e. The molecule has 8 heteroatoms. The molecule has 2 aromatic rings. The van der Waals surface area contributed by atoms with Crippen LogP contribution in [0.1, 0.15) is 41.2 Å². The predicted molar refractivity (Wildman–Crippen MR) is 113 cm³/mol. The maximum absolute atomic E-state index is 13.7. The second-order valence-electron chi connectivity index (χ2n) is 7.16. The second-order valence-corrected chi connectivity index (χ2v) is 9.14. The fourth-order valence-corrected chi connectivity index (χ4v) is 5.36. The molecule has 0 spiro atoms. The van der Waals surface area contributed by atoms with E-state index in [2.05, 4.69) is 5.32 Å². The number of carbonyl (C=O) groups is 2. The number of hydrogen-bond acceptors (Lipinski definition) is 3. The largest absolute Gasteiger partial charge is 0.347 e. The van der Waals surface area contributed by atoms with Crippen LogP contribution in [0.4, 0.5) is 4.39 Å². The van der Waals surface area contributed by atoms with E-state index in [-0.39, 0.29) is 23.7 Å². The Morgan fingerprint density at radius 3 is 2.79 bits per heavy atom. The van der Waals surface area contributed by atoms with Crippen LogP contribution in [0.25, 0.3) is 0 Å². The molecule has 2 atom stereocenters. The van der Waals surface area contributed by atoms with Crippen LogP contribution in [0.15, 0.2) is 41.3 Å². The fourth-order valence-electron chi connectivity index (χ4n) is 3.88. The SMILES string of the molecule is O=C(NC1CCSc2ccc(F)cc21)C1CCCN1C(=O)c1cc(Cl)ccc1Cl. The third kappa shape index (κ3) is 4.25. The predicted octanol–water partition coefficient (Wildman–Crippen LogP) is 5.09. The van der Waals surface area contributed by atoms with Crippen molar-refractivity contribution in [1.82, 2.24) is 10.2 Å². The van der Waals surface area contributed by atoms with Gasteiger partial charge in [-0.1, -0.05) is 23.2 Å². The third-order valence-electron chi connectivity index (χ3n) is 5.30. The standard InChI is InChI=1S/C21H19Cl2FN2O2S/c22-12-3-5-16(23)14(10-12)21(28)26-8-1-2-18(26)20(27)25-17-7-9-29-19-6-4-13(24)11-15(17)19/h3-6,10-11,17-18H,1-2,7-9H2,(H,25,27). The van der Waals surface area contributed by atoms with Gasteiger partial charge in [0.15, 0.2) is 0 Å². The number of nitrogens with one attached hydrogen (secondary N) is 1. The molecule has 1 saturated heterocycles. The Labute approximate surface area is 182 Å². The molecule has 0 aromatic heterocycles. The summed E-state index contributed by atoms with van der Waals surface area (Å²) >= 11 is 13.9. The average Bonchev–Trinajstić information content (AvgIpc) is 3.20. The summed E-state index contributed by atoms with van der Waals surface area (Å²) in [5, 5.41) is 3.75.